The van der Waals surface area contributed by atoms with E-state index in [-0.39, 0.29) is 32.2 Å². The summed E-state index contributed by atoms with van der Waals surface area (Å²) in [6.07, 6.45) is -1.19. The third kappa shape index (κ3) is 16.9. The number of carbonyl (C=O) groups is 3. The quantitative estimate of drug-likeness (QED) is 0.253. The van der Waals surface area contributed by atoms with Crippen LogP contribution >= 0.6 is 0 Å². The second-order valence-electron chi connectivity index (χ2n) is 9.50. The van der Waals surface area contributed by atoms with Crippen LogP contribution in [0.5, 0.6) is 0 Å². The summed E-state index contributed by atoms with van der Waals surface area (Å²) < 4.78 is 21.0. The van der Waals surface area contributed by atoms with Crippen LogP contribution in [0.15, 0.2) is 54.6 Å². The molecule has 0 aliphatic heterocycles. The third-order valence-electron chi connectivity index (χ3n) is 4.82. The summed E-state index contributed by atoms with van der Waals surface area (Å²) in [5.41, 5.74) is 1.94. The van der Waals surface area contributed by atoms with Gasteiger partial charge >= 0.3 is 12.2 Å². The van der Waals surface area contributed by atoms with E-state index in [2.05, 4.69) is 39.6 Å². The zero-order valence-corrected chi connectivity index (χ0v) is 23.7. The predicted molar refractivity (Wildman–Crippen MR) is 154 cm³/mol. The van der Waals surface area contributed by atoms with Crippen molar-refractivity contribution < 1.29 is 33.3 Å². The van der Waals surface area contributed by atoms with Crippen molar-refractivity contribution in [3.05, 3.63) is 71.3 Å². The number of ether oxygens (including phenoxy) is 4. The van der Waals surface area contributed by atoms with Gasteiger partial charge in [0.1, 0.15) is 12.2 Å². The van der Waals surface area contributed by atoms with Crippen molar-refractivity contribution in [1.29, 1.82) is 0 Å². The molecule has 2 aromatic carbocycles. The van der Waals surface area contributed by atoms with E-state index in [1.165, 1.54) is 0 Å². The Kier molecular flexibility index (Phi) is 14.9. The van der Waals surface area contributed by atoms with Crippen molar-refractivity contribution in [1.82, 2.24) is 16.0 Å². The Morgan fingerprint density at radius 1 is 0.707 bits per heavy atom. The molecule has 0 unspecified atom stereocenters. The van der Waals surface area contributed by atoms with Crippen molar-refractivity contribution in [2.24, 2.45) is 0 Å². The minimum Gasteiger partial charge on any atom is -0.445 e. The van der Waals surface area contributed by atoms with Gasteiger partial charge in [0.05, 0.1) is 33.0 Å². The van der Waals surface area contributed by atoms with Crippen LogP contribution in [0, 0.1) is 23.7 Å². The number of carbonyl (C=O) groups excluding carboxylic acids is 3. The van der Waals surface area contributed by atoms with Crippen molar-refractivity contribution >= 4 is 18.1 Å². The fraction of sp³-hybridized carbons (Fsp3) is 0.387. The zero-order chi connectivity index (χ0) is 29.8. The summed E-state index contributed by atoms with van der Waals surface area (Å²) in [7, 11) is 0. The van der Waals surface area contributed by atoms with Gasteiger partial charge in [-0.3, -0.25) is 4.79 Å². The first-order valence-electron chi connectivity index (χ1n) is 13.2. The monoisotopic (exact) mass is 563 g/mol. The molecule has 0 saturated heterocycles. The average molecular weight is 564 g/mol. The maximum Gasteiger partial charge on any atom is 0.407 e. The van der Waals surface area contributed by atoms with Gasteiger partial charge in [-0.1, -0.05) is 42.2 Å². The average Bonchev–Trinajstić information content (AvgIpc) is 2.94. The highest BCUT2D eigenvalue weighted by Gasteiger charge is 2.15. The molecule has 3 N–H and O–H groups in total. The fourth-order valence-corrected chi connectivity index (χ4v) is 2.95. The first-order chi connectivity index (χ1) is 19.7. The van der Waals surface area contributed by atoms with Crippen molar-refractivity contribution in [2.45, 2.75) is 33.0 Å². The van der Waals surface area contributed by atoms with Crippen LogP contribution in [0.25, 0.3) is 0 Å². The number of rotatable bonds is 13. The molecule has 2 rings (SSSR count). The number of benzene rings is 2. The molecule has 0 heterocycles. The van der Waals surface area contributed by atoms with Crippen molar-refractivity contribution in [3.8, 4) is 23.7 Å². The molecule has 0 fully saturated rings. The first-order valence-corrected chi connectivity index (χ1v) is 13.2. The second-order valence-corrected chi connectivity index (χ2v) is 9.50. The molecule has 2 aromatic rings. The second kappa shape index (κ2) is 18.7. The molecule has 218 valence electrons. The van der Waals surface area contributed by atoms with Crippen molar-refractivity contribution in [3.63, 3.8) is 0 Å². The topological polar surface area (TPSA) is 124 Å². The predicted octanol–water partition coefficient (Wildman–Crippen LogP) is 2.99. The molecule has 0 aromatic heterocycles. The van der Waals surface area contributed by atoms with E-state index in [0.29, 0.717) is 26.4 Å². The lowest BCUT2D eigenvalue weighted by molar-refractivity contribution is -0.120. The number of alkyl carbamates (subject to hydrolysis) is 2. The van der Waals surface area contributed by atoms with Crippen LogP contribution < -0.4 is 16.0 Å². The molecule has 0 atom stereocenters. The van der Waals surface area contributed by atoms with E-state index in [1.54, 1.807) is 32.9 Å². The van der Waals surface area contributed by atoms with Gasteiger partial charge in [-0.2, -0.15) is 0 Å². The van der Waals surface area contributed by atoms with Gasteiger partial charge in [0.15, 0.2) is 0 Å². The highest BCUT2D eigenvalue weighted by atomic mass is 16.6. The zero-order valence-electron chi connectivity index (χ0n) is 23.7. The van der Waals surface area contributed by atoms with Crippen LogP contribution in [0.3, 0.4) is 0 Å². The number of nitrogens with one attached hydrogen (secondary N) is 3. The molecule has 0 radical (unpaired) electrons. The summed E-state index contributed by atoms with van der Waals surface area (Å²) in [6.45, 7) is 7.11. The molecule has 0 aliphatic rings. The van der Waals surface area contributed by atoms with Crippen LogP contribution in [0.2, 0.25) is 0 Å². The Labute approximate surface area is 241 Å². The Bertz CT molecular complexity index is 1220. The van der Waals surface area contributed by atoms with Gasteiger partial charge in [-0.05, 0) is 62.4 Å². The number of amides is 3. The summed E-state index contributed by atoms with van der Waals surface area (Å²) in [5, 5.41) is 7.63. The van der Waals surface area contributed by atoms with E-state index >= 15 is 0 Å². The van der Waals surface area contributed by atoms with E-state index in [9.17, 15) is 14.4 Å². The smallest absolute Gasteiger partial charge is 0.407 e. The highest BCUT2D eigenvalue weighted by Crippen LogP contribution is 2.06. The van der Waals surface area contributed by atoms with Gasteiger partial charge in [0.25, 0.3) is 0 Å². The Balaban J connectivity index is 1.47. The van der Waals surface area contributed by atoms with Gasteiger partial charge in [0.2, 0.25) is 5.91 Å². The Morgan fingerprint density at radius 2 is 1.29 bits per heavy atom. The van der Waals surface area contributed by atoms with E-state index < -0.39 is 17.8 Å². The minimum absolute atomic E-state index is 0.0575. The van der Waals surface area contributed by atoms with E-state index in [4.69, 9.17) is 18.9 Å². The molecule has 10 nitrogen and oxygen atoms in total. The van der Waals surface area contributed by atoms with Crippen LogP contribution in [0.4, 0.5) is 9.59 Å². The lowest BCUT2D eigenvalue weighted by atomic mass is 10.1. The van der Waals surface area contributed by atoms with Crippen LogP contribution in [-0.4, -0.2) is 69.8 Å². The maximum absolute atomic E-state index is 11.9. The lowest BCUT2D eigenvalue weighted by Gasteiger charge is -2.19. The van der Waals surface area contributed by atoms with Gasteiger partial charge in [-0.25, -0.2) is 9.59 Å². The Hall–Kier alpha value is -4.51. The molecular weight excluding hydrogens is 526 g/mol. The molecule has 0 spiro atoms. The molecule has 0 saturated carbocycles. The van der Waals surface area contributed by atoms with E-state index in [1.807, 2.05) is 42.5 Å². The summed E-state index contributed by atoms with van der Waals surface area (Å²) in [4.78, 5) is 35.2. The number of hydrogen-bond acceptors (Lipinski definition) is 7. The third-order valence-corrected chi connectivity index (χ3v) is 4.82. The first kappa shape index (κ1) is 32.7. The normalized spacial score (nSPS) is 10.2. The van der Waals surface area contributed by atoms with Crippen molar-refractivity contribution in [2.75, 3.05) is 46.1 Å². The molecular formula is C31H37N3O7. The molecule has 3 amide bonds. The Morgan fingerprint density at radius 3 is 1.90 bits per heavy atom. The lowest BCUT2D eigenvalue weighted by Crippen LogP contribution is -2.38. The summed E-state index contributed by atoms with van der Waals surface area (Å²) in [5.74, 6) is 11.2. The number of hydrogen-bond donors (Lipinski definition) is 3. The van der Waals surface area contributed by atoms with Gasteiger partial charge in [-0.15, -0.1) is 0 Å². The molecule has 0 bridgehead atoms. The van der Waals surface area contributed by atoms with Gasteiger partial charge < -0.3 is 34.9 Å². The fourth-order valence-electron chi connectivity index (χ4n) is 2.95. The maximum atomic E-state index is 11.9. The van der Waals surface area contributed by atoms with E-state index in [0.717, 1.165) is 16.7 Å². The summed E-state index contributed by atoms with van der Waals surface area (Å²) >= 11 is 0. The minimum atomic E-state index is -0.699. The summed E-state index contributed by atoms with van der Waals surface area (Å²) in [6, 6.07) is 16.9. The highest BCUT2D eigenvalue weighted by molar-refractivity contribution is 5.82. The molecule has 41 heavy (non-hydrogen) atoms. The molecule has 10 heteroatoms. The molecule has 0 aliphatic carbocycles. The van der Waals surface area contributed by atoms with Gasteiger partial charge in [0, 0.05) is 24.2 Å². The SMILES string of the molecule is CC(C)(C)OC(=O)NCCOCCOCCNC(=O)CNC(=O)OCc1ccc(C#CC#Cc2ccccc2)cc1. The standard InChI is InChI=1S/C31H37N3O7/c1-31(2,3)41-30(37)33-18-20-39-22-21-38-19-17-32-28(35)23-34-29(36)40-24-27-15-13-26(14-16-27)12-8-7-11-25-9-5-4-6-10-25/h4-6,9-10,13-16H,17-24H2,1-3H3,(H,32,35)(H,33,37)(H,34,36). The van der Waals surface area contributed by atoms with Crippen LogP contribution in [0.1, 0.15) is 37.5 Å². The largest absolute Gasteiger partial charge is 0.445 e. The van der Waals surface area contributed by atoms with Crippen LogP contribution in [-0.2, 0) is 30.3 Å².